The molecule has 0 spiro atoms. The SMILES string of the molecule is CCOc1ccc(NC(=O)c2cncc(C(=O)NC3CC3)c2)cc1. The molecule has 24 heavy (non-hydrogen) atoms. The van der Waals surface area contributed by atoms with E-state index in [2.05, 4.69) is 15.6 Å². The lowest BCUT2D eigenvalue weighted by Crippen LogP contribution is -2.26. The third-order valence-electron chi connectivity index (χ3n) is 3.60. The molecule has 6 nitrogen and oxygen atoms in total. The second kappa shape index (κ2) is 7.12. The second-order valence-corrected chi connectivity index (χ2v) is 5.62. The quantitative estimate of drug-likeness (QED) is 0.855. The van der Waals surface area contributed by atoms with Gasteiger partial charge in [0.05, 0.1) is 17.7 Å². The number of rotatable bonds is 6. The fourth-order valence-electron chi connectivity index (χ4n) is 2.19. The second-order valence-electron chi connectivity index (χ2n) is 5.62. The van der Waals surface area contributed by atoms with Crippen LogP contribution in [0, 0.1) is 0 Å². The normalized spacial score (nSPS) is 13.2. The molecule has 1 heterocycles. The zero-order chi connectivity index (χ0) is 16.9. The highest BCUT2D eigenvalue weighted by molar-refractivity contribution is 6.05. The average molecular weight is 325 g/mol. The Hall–Kier alpha value is -2.89. The molecule has 0 radical (unpaired) electrons. The first-order valence-electron chi connectivity index (χ1n) is 7.96. The number of hydrogen-bond acceptors (Lipinski definition) is 4. The number of ether oxygens (including phenoxy) is 1. The Balaban J connectivity index is 1.66. The van der Waals surface area contributed by atoms with E-state index in [1.807, 2.05) is 6.92 Å². The van der Waals surface area contributed by atoms with Gasteiger partial charge in [-0.25, -0.2) is 0 Å². The molecule has 1 fully saturated rings. The van der Waals surface area contributed by atoms with Gasteiger partial charge in [-0.2, -0.15) is 0 Å². The van der Waals surface area contributed by atoms with E-state index in [0.717, 1.165) is 18.6 Å². The van der Waals surface area contributed by atoms with Crippen molar-refractivity contribution in [3.05, 3.63) is 53.9 Å². The minimum atomic E-state index is -0.312. The largest absolute Gasteiger partial charge is 0.494 e. The number of aromatic nitrogens is 1. The van der Waals surface area contributed by atoms with E-state index in [1.165, 1.54) is 12.4 Å². The lowest BCUT2D eigenvalue weighted by Gasteiger charge is -2.08. The number of benzene rings is 1. The van der Waals surface area contributed by atoms with E-state index < -0.39 is 0 Å². The molecule has 0 bridgehead atoms. The van der Waals surface area contributed by atoms with Crippen LogP contribution in [0.5, 0.6) is 5.75 Å². The highest BCUT2D eigenvalue weighted by Gasteiger charge is 2.24. The summed E-state index contributed by atoms with van der Waals surface area (Å²) in [5.41, 5.74) is 1.38. The number of nitrogens with one attached hydrogen (secondary N) is 2. The van der Waals surface area contributed by atoms with Crippen molar-refractivity contribution < 1.29 is 14.3 Å². The summed E-state index contributed by atoms with van der Waals surface area (Å²) < 4.78 is 5.36. The summed E-state index contributed by atoms with van der Waals surface area (Å²) in [5.74, 6) is 0.240. The Morgan fingerprint density at radius 3 is 2.42 bits per heavy atom. The van der Waals surface area contributed by atoms with E-state index in [9.17, 15) is 9.59 Å². The van der Waals surface area contributed by atoms with Crippen LogP contribution in [0.15, 0.2) is 42.7 Å². The molecule has 0 aliphatic heterocycles. The van der Waals surface area contributed by atoms with Crippen molar-refractivity contribution in [1.29, 1.82) is 0 Å². The van der Waals surface area contributed by atoms with E-state index in [1.54, 1.807) is 30.3 Å². The van der Waals surface area contributed by atoms with Gasteiger partial charge in [0.1, 0.15) is 5.75 Å². The molecule has 2 amide bonds. The first-order chi connectivity index (χ1) is 11.7. The molecule has 1 saturated carbocycles. The van der Waals surface area contributed by atoms with E-state index in [4.69, 9.17) is 4.74 Å². The minimum absolute atomic E-state index is 0.194. The third kappa shape index (κ3) is 4.10. The zero-order valence-corrected chi connectivity index (χ0v) is 13.4. The van der Waals surface area contributed by atoms with Crippen molar-refractivity contribution in [3.63, 3.8) is 0 Å². The van der Waals surface area contributed by atoms with Gasteiger partial charge in [-0.1, -0.05) is 0 Å². The molecule has 2 N–H and O–H groups in total. The van der Waals surface area contributed by atoms with E-state index >= 15 is 0 Å². The van der Waals surface area contributed by atoms with Gasteiger partial charge in [0.25, 0.3) is 11.8 Å². The number of anilines is 1. The molecular formula is C18H19N3O3. The van der Waals surface area contributed by atoms with Crippen molar-refractivity contribution in [2.24, 2.45) is 0 Å². The highest BCUT2D eigenvalue weighted by Crippen LogP contribution is 2.20. The molecule has 3 rings (SSSR count). The fraction of sp³-hybridized carbons (Fsp3) is 0.278. The highest BCUT2D eigenvalue weighted by atomic mass is 16.5. The number of nitrogens with zero attached hydrogens (tertiary/aromatic N) is 1. The van der Waals surface area contributed by atoms with Crippen LogP contribution in [0.2, 0.25) is 0 Å². The number of pyridine rings is 1. The van der Waals surface area contributed by atoms with Gasteiger partial charge in [0.2, 0.25) is 0 Å². The van der Waals surface area contributed by atoms with Gasteiger partial charge < -0.3 is 15.4 Å². The number of carbonyl (C=O) groups is 2. The van der Waals surface area contributed by atoms with Crippen LogP contribution in [-0.4, -0.2) is 29.4 Å². The van der Waals surface area contributed by atoms with Crippen LogP contribution >= 0.6 is 0 Å². The summed E-state index contributed by atoms with van der Waals surface area (Å²) in [6.07, 6.45) is 4.93. The van der Waals surface area contributed by atoms with Gasteiger partial charge in [-0.15, -0.1) is 0 Å². The molecule has 0 saturated heterocycles. The molecule has 2 aromatic rings. The van der Waals surface area contributed by atoms with Crippen LogP contribution in [0.4, 0.5) is 5.69 Å². The van der Waals surface area contributed by atoms with Crippen molar-refractivity contribution >= 4 is 17.5 Å². The first kappa shape index (κ1) is 16.0. The molecule has 0 unspecified atom stereocenters. The topological polar surface area (TPSA) is 80.3 Å². The molecule has 1 aliphatic rings. The number of hydrogen-bond donors (Lipinski definition) is 2. The molecule has 124 valence electrons. The van der Waals surface area contributed by atoms with Gasteiger partial charge in [-0.3, -0.25) is 14.6 Å². The summed E-state index contributed by atoms with van der Waals surface area (Å²) in [5, 5.41) is 5.66. The summed E-state index contributed by atoms with van der Waals surface area (Å²) in [4.78, 5) is 28.3. The van der Waals surface area contributed by atoms with Gasteiger partial charge in [0, 0.05) is 24.1 Å². The molecule has 1 aromatic heterocycles. The molecule has 6 heteroatoms. The fourth-order valence-corrected chi connectivity index (χ4v) is 2.19. The van der Waals surface area contributed by atoms with Gasteiger partial charge in [-0.05, 0) is 50.1 Å². The van der Waals surface area contributed by atoms with Crippen LogP contribution in [0.3, 0.4) is 0 Å². The first-order valence-corrected chi connectivity index (χ1v) is 7.96. The van der Waals surface area contributed by atoms with E-state index in [-0.39, 0.29) is 17.9 Å². The maximum Gasteiger partial charge on any atom is 0.257 e. The van der Waals surface area contributed by atoms with Gasteiger partial charge in [0.15, 0.2) is 0 Å². The molecule has 1 aliphatic carbocycles. The monoisotopic (exact) mass is 325 g/mol. The Kier molecular flexibility index (Phi) is 4.74. The Morgan fingerprint density at radius 1 is 1.12 bits per heavy atom. The Morgan fingerprint density at radius 2 is 1.79 bits per heavy atom. The number of carbonyl (C=O) groups excluding carboxylic acids is 2. The maximum atomic E-state index is 12.3. The Labute approximate surface area is 140 Å². The number of amides is 2. The lowest BCUT2D eigenvalue weighted by atomic mass is 10.2. The lowest BCUT2D eigenvalue weighted by molar-refractivity contribution is 0.0950. The average Bonchev–Trinajstić information content (AvgIpc) is 3.41. The summed E-state index contributed by atoms with van der Waals surface area (Å²) in [7, 11) is 0. The van der Waals surface area contributed by atoms with Gasteiger partial charge >= 0.3 is 0 Å². The predicted octanol–water partition coefficient (Wildman–Crippen LogP) is 2.62. The molecule has 0 atom stereocenters. The van der Waals surface area contributed by atoms with Crippen LogP contribution in [0.25, 0.3) is 0 Å². The van der Waals surface area contributed by atoms with Crippen molar-refractivity contribution in [2.45, 2.75) is 25.8 Å². The van der Waals surface area contributed by atoms with Crippen molar-refractivity contribution in [2.75, 3.05) is 11.9 Å². The molecule has 1 aromatic carbocycles. The maximum absolute atomic E-state index is 12.3. The van der Waals surface area contributed by atoms with Crippen LogP contribution in [0.1, 0.15) is 40.5 Å². The van der Waals surface area contributed by atoms with E-state index in [0.29, 0.717) is 23.4 Å². The van der Waals surface area contributed by atoms with Crippen LogP contribution < -0.4 is 15.4 Å². The summed E-state index contributed by atoms with van der Waals surface area (Å²) in [6.45, 7) is 2.50. The third-order valence-corrected chi connectivity index (χ3v) is 3.60. The predicted molar refractivity (Wildman–Crippen MR) is 90.3 cm³/mol. The Bertz CT molecular complexity index is 739. The zero-order valence-electron chi connectivity index (χ0n) is 13.4. The smallest absolute Gasteiger partial charge is 0.257 e. The van der Waals surface area contributed by atoms with Crippen LogP contribution in [-0.2, 0) is 0 Å². The van der Waals surface area contributed by atoms with Crippen molar-refractivity contribution in [3.8, 4) is 5.75 Å². The minimum Gasteiger partial charge on any atom is -0.494 e. The summed E-state index contributed by atoms with van der Waals surface area (Å²) >= 11 is 0. The summed E-state index contributed by atoms with van der Waals surface area (Å²) in [6, 6.07) is 8.92. The molecular weight excluding hydrogens is 306 g/mol. The van der Waals surface area contributed by atoms with Crippen molar-refractivity contribution in [1.82, 2.24) is 10.3 Å². The standard InChI is InChI=1S/C18H19N3O3/c1-2-24-16-7-5-15(6-8-16)21-18(23)13-9-12(10-19-11-13)17(22)20-14-3-4-14/h5-11,14H,2-4H2,1H3,(H,20,22)(H,21,23).